The highest BCUT2D eigenvalue weighted by Crippen LogP contribution is 2.31. The molecule has 1 aliphatic rings. The van der Waals surface area contributed by atoms with Gasteiger partial charge in [-0.05, 0) is 28.8 Å². The normalized spacial score (nSPS) is 19.0. The molecule has 0 bridgehead atoms. The zero-order valence-electron chi connectivity index (χ0n) is 12.6. The van der Waals surface area contributed by atoms with E-state index in [1.165, 1.54) is 12.1 Å². The molecule has 1 amide bonds. The Balaban J connectivity index is 1.68. The van der Waals surface area contributed by atoms with Crippen LogP contribution in [0.25, 0.3) is 0 Å². The van der Waals surface area contributed by atoms with Gasteiger partial charge in [0.2, 0.25) is 5.78 Å². The van der Waals surface area contributed by atoms with Crippen LogP contribution in [0.2, 0.25) is 5.02 Å². The number of nitrogens with one attached hydrogen (secondary N) is 1. The molecule has 2 atom stereocenters. The molecular formula is C18H15ClFNO3. The van der Waals surface area contributed by atoms with E-state index in [2.05, 4.69) is 5.32 Å². The molecule has 124 valence electrons. The van der Waals surface area contributed by atoms with Crippen LogP contribution in [0.3, 0.4) is 0 Å². The summed E-state index contributed by atoms with van der Waals surface area (Å²) >= 11 is 5.59. The van der Waals surface area contributed by atoms with Gasteiger partial charge in [0.15, 0.2) is 0 Å². The molecule has 2 aromatic carbocycles. The highest BCUT2D eigenvalue weighted by atomic mass is 35.5. The molecule has 4 nitrogen and oxygen atoms in total. The van der Waals surface area contributed by atoms with Crippen molar-refractivity contribution in [3.63, 3.8) is 0 Å². The van der Waals surface area contributed by atoms with E-state index in [0.717, 1.165) is 17.2 Å². The Hall–Kier alpha value is -2.24. The zero-order valence-corrected chi connectivity index (χ0v) is 13.4. The highest BCUT2D eigenvalue weighted by molar-refractivity contribution is 6.36. The molecule has 0 aliphatic heterocycles. The minimum atomic E-state index is -0.800. The van der Waals surface area contributed by atoms with Gasteiger partial charge in [0, 0.05) is 12.8 Å². The second-order valence-electron chi connectivity index (χ2n) is 5.77. The fraction of sp³-hybridized carbons (Fsp3) is 0.222. The van der Waals surface area contributed by atoms with Crippen molar-refractivity contribution in [1.29, 1.82) is 0 Å². The Morgan fingerprint density at radius 2 is 2.00 bits per heavy atom. The molecule has 0 unspecified atom stereocenters. The van der Waals surface area contributed by atoms with Crippen LogP contribution in [-0.4, -0.2) is 22.9 Å². The second kappa shape index (κ2) is 6.71. The lowest BCUT2D eigenvalue weighted by Crippen LogP contribution is -2.38. The highest BCUT2D eigenvalue weighted by Gasteiger charge is 2.33. The molecule has 0 aromatic heterocycles. The number of ketones is 1. The maximum absolute atomic E-state index is 13.4. The molecule has 0 heterocycles. The van der Waals surface area contributed by atoms with Crippen molar-refractivity contribution < 1.29 is 19.1 Å². The summed E-state index contributed by atoms with van der Waals surface area (Å²) in [4.78, 5) is 24.2. The Morgan fingerprint density at radius 3 is 2.75 bits per heavy atom. The summed E-state index contributed by atoms with van der Waals surface area (Å²) in [6.07, 6.45) is -0.575. The van der Waals surface area contributed by atoms with E-state index in [0.29, 0.717) is 12.0 Å². The lowest BCUT2D eigenvalue weighted by Gasteiger charge is -2.17. The van der Waals surface area contributed by atoms with Crippen LogP contribution in [0.15, 0.2) is 42.5 Å². The van der Waals surface area contributed by atoms with Crippen LogP contribution in [-0.2, 0) is 22.4 Å². The van der Waals surface area contributed by atoms with Gasteiger partial charge in [-0.3, -0.25) is 9.59 Å². The lowest BCUT2D eigenvalue weighted by atomic mass is 10.1. The van der Waals surface area contributed by atoms with Gasteiger partial charge in [0.1, 0.15) is 5.82 Å². The molecule has 1 aliphatic carbocycles. The Kier molecular flexibility index (Phi) is 4.64. The van der Waals surface area contributed by atoms with Crippen LogP contribution in [0, 0.1) is 5.82 Å². The van der Waals surface area contributed by atoms with Gasteiger partial charge >= 0.3 is 0 Å². The smallest absolute Gasteiger partial charge is 0.288 e. The number of hydrogen-bond acceptors (Lipinski definition) is 3. The van der Waals surface area contributed by atoms with Gasteiger partial charge in [-0.2, -0.15) is 0 Å². The minimum Gasteiger partial charge on any atom is -0.390 e. The molecule has 0 fully saturated rings. The maximum Gasteiger partial charge on any atom is 0.288 e. The monoisotopic (exact) mass is 347 g/mol. The van der Waals surface area contributed by atoms with E-state index < -0.39 is 29.7 Å². The first-order valence-corrected chi connectivity index (χ1v) is 7.87. The van der Waals surface area contributed by atoms with Crippen molar-refractivity contribution >= 4 is 23.3 Å². The van der Waals surface area contributed by atoms with E-state index >= 15 is 0 Å². The maximum atomic E-state index is 13.4. The van der Waals surface area contributed by atoms with Crippen LogP contribution < -0.4 is 5.32 Å². The topological polar surface area (TPSA) is 66.4 Å². The molecule has 6 heteroatoms. The zero-order chi connectivity index (χ0) is 17.3. The number of rotatable bonds is 4. The summed E-state index contributed by atoms with van der Waals surface area (Å²) in [5.41, 5.74) is 2.12. The fourth-order valence-electron chi connectivity index (χ4n) is 2.88. The van der Waals surface area contributed by atoms with Crippen LogP contribution in [0.4, 0.5) is 4.39 Å². The number of carbonyl (C=O) groups is 2. The van der Waals surface area contributed by atoms with Crippen molar-refractivity contribution in [2.75, 3.05) is 0 Å². The van der Waals surface area contributed by atoms with Gasteiger partial charge in [0.05, 0.1) is 17.2 Å². The molecule has 0 radical (unpaired) electrons. The number of amides is 1. The van der Waals surface area contributed by atoms with E-state index in [-0.39, 0.29) is 11.4 Å². The quantitative estimate of drug-likeness (QED) is 0.834. The minimum absolute atomic E-state index is 0.0404. The first kappa shape index (κ1) is 16.6. The van der Waals surface area contributed by atoms with Crippen molar-refractivity contribution in [2.24, 2.45) is 0 Å². The molecule has 3 rings (SSSR count). The molecule has 0 saturated carbocycles. The van der Waals surface area contributed by atoms with Gasteiger partial charge in [0.25, 0.3) is 5.91 Å². The summed E-state index contributed by atoms with van der Waals surface area (Å²) in [5.74, 6) is -2.14. The number of fused-ring (bicyclic) bond motifs is 1. The van der Waals surface area contributed by atoms with E-state index in [9.17, 15) is 19.1 Å². The SMILES string of the molecule is O=C(Cc1ccc(Cl)c(F)c1)C(=O)N[C@H]1c2ccccc2C[C@H]1O. The van der Waals surface area contributed by atoms with Gasteiger partial charge < -0.3 is 10.4 Å². The number of hydrogen-bond donors (Lipinski definition) is 2. The predicted octanol–water partition coefficient (Wildman–Crippen LogP) is 2.37. The number of carbonyl (C=O) groups excluding carboxylic acids is 2. The third-order valence-corrected chi connectivity index (χ3v) is 4.40. The standard InChI is InChI=1S/C18H15ClFNO3/c19-13-6-5-10(7-14(13)20)8-16(23)18(24)21-17-12-4-2-1-3-11(12)9-15(17)22/h1-7,15,17,22H,8-9H2,(H,21,24)/t15-,17+/m1/s1. The molecule has 2 N–H and O–H groups in total. The summed E-state index contributed by atoms with van der Waals surface area (Å²) in [6.45, 7) is 0. The van der Waals surface area contributed by atoms with Crippen LogP contribution >= 0.6 is 11.6 Å². The van der Waals surface area contributed by atoms with Gasteiger partial charge in [-0.25, -0.2) is 4.39 Å². The van der Waals surface area contributed by atoms with E-state index in [1.807, 2.05) is 24.3 Å². The fourth-order valence-corrected chi connectivity index (χ4v) is 3.00. The summed E-state index contributed by atoms with van der Waals surface area (Å²) in [5, 5.41) is 12.6. The molecular weight excluding hydrogens is 333 g/mol. The molecule has 0 saturated heterocycles. The summed E-state index contributed by atoms with van der Waals surface area (Å²) < 4.78 is 13.4. The number of Topliss-reactive ketones (excluding diaryl/α,β-unsaturated/α-hetero) is 1. The predicted molar refractivity (Wildman–Crippen MR) is 87.2 cm³/mol. The number of aliphatic hydroxyl groups is 1. The number of aliphatic hydroxyl groups excluding tert-OH is 1. The van der Waals surface area contributed by atoms with Crippen molar-refractivity contribution in [1.82, 2.24) is 5.32 Å². The Bertz CT molecular complexity index is 809. The molecule has 24 heavy (non-hydrogen) atoms. The molecule has 2 aromatic rings. The van der Waals surface area contributed by atoms with Crippen molar-refractivity contribution in [3.05, 3.63) is 70.0 Å². The van der Waals surface area contributed by atoms with Crippen molar-refractivity contribution in [2.45, 2.75) is 25.0 Å². The Labute approximate surface area is 143 Å². The Morgan fingerprint density at radius 1 is 1.25 bits per heavy atom. The average Bonchev–Trinajstić information content (AvgIpc) is 2.87. The third-order valence-electron chi connectivity index (χ3n) is 4.09. The van der Waals surface area contributed by atoms with Gasteiger partial charge in [-0.1, -0.05) is 41.9 Å². The van der Waals surface area contributed by atoms with Gasteiger partial charge in [-0.15, -0.1) is 0 Å². The third kappa shape index (κ3) is 3.32. The van der Waals surface area contributed by atoms with Crippen LogP contribution in [0.1, 0.15) is 22.7 Å². The second-order valence-corrected chi connectivity index (χ2v) is 6.18. The average molecular weight is 348 g/mol. The summed E-state index contributed by atoms with van der Waals surface area (Å²) in [7, 11) is 0. The van der Waals surface area contributed by atoms with E-state index in [4.69, 9.17) is 11.6 Å². The number of halogens is 2. The van der Waals surface area contributed by atoms with Crippen LogP contribution in [0.5, 0.6) is 0 Å². The first-order valence-electron chi connectivity index (χ1n) is 7.49. The largest absolute Gasteiger partial charge is 0.390 e. The molecule has 0 spiro atoms. The number of benzene rings is 2. The lowest BCUT2D eigenvalue weighted by molar-refractivity contribution is -0.138. The first-order chi connectivity index (χ1) is 11.5. The van der Waals surface area contributed by atoms with E-state index in [1.54, 1.807) is 0 Å². The van der Waals surface area contributed by atoms with Crippen molar-refractivity contribution in [3.8, 4) is 0 Å². The summed E-state index contributed by atoms with van der Waals surface area (Å²) in [6, 6.07) is 10.7.